The largest absolute Gasteiger partial charge is 0.385 e. The summed E-state index contributed by atoms with van der Waals surface area (Å²) in [6, 6.07) is 21.1. The summed E-state index contributed by atoms with van der Waals surface area (Å²) >= 11 is 3.38. The zero-order valence-electron chi connectivity index (χ0n) is 19.1. The molecule has 0 aliphatic carbocycles. The van der Waals surface area contributed by atoms with Gasteiger partial charge in [-0.1, -0.05) is 40.2 Å². The van der Waals surface area contributed by atoms with Crippen LogP contribution in [-0.2, 0) is 17.7 Å². The van der Waals surface area contributed by atoms with Crippen molar-refractivity contribution in [3.63, 3.8) is 0 Å². The van der Waals surface area contributed by atoms with Crippen molar-refractivity contribution >= 4 is 39.1 Å². The lowest BCUT2D eigenvalue weighted by molar-refractivity contribution is 0.0947. The lowest BCUT2D eigenvalue weighted by atomic mass is 9.98. The summed E-state index contributed by atoms with van der Waals surface area (Å²) in [6.07, 6.45) is 1.65. The number of hydrogen-bond donors (Lipinski definition) is 2. The van der Waals surface area contributed by atoms with Gasteiger partial charge in [0.25, 0.3) is 11.8 Å². The Morgan fingerprint density at radius 2 is 1.76 bits per heavy atom. The Hall–Kier alpha value is -3.16. The molecule has 7 heteroatoms. The van der Waals surface area contributed by atoms with Gasteiger partial charge in [-0.15, -0.1) is 0 Å². The number of rotatable bonds is 8. The first-order valence-corrected chi connectivity index (χ1v) is 12.1. The molecule has 0 aromatic heterocycles. The predicted octanol–water partition coefficient (Wildman–Crippen LogP) is 5.03. The molecule has 0 atom stereocenters. The third kappa shape index (κ3) is 5.85. The molecule has 0 bridgehead atoms. The Morgan fingerprint density at radius 1 is 1.00 bits per heavy atom. The van der Waals surface area contributed by atoms with Gasteiger partial charge in [0.1, 0.15) is 0 Å². The summed E-state index contributed by atoms with van der Waals surface area (Å²) in [5.74, 6) is -0.386. The fourth-order valence-electron chi connectivity index (χ4n) is 4.09. The van der Waals surface area contributed by atoms with E-state index in [0.29, 0.717) is 30.0 Å². The number of amides is 2. The molecule has 34 heavy (non-hydrogen) atoms. The number of carbonyl (C=O) groups is 2. The first-order valence-electron chi connectivity index (χ1n) is 11.3. The second kappa shape index (κ2) is 11.3. The average Bonchev–Trinajstić information content (AvgIpc) is 2.86. The average molecular weight is 522 g/mol. The third-order valence-corrected chi connectivity index (χ3v) is 6.42. The summed E-state index contributed by atoms with van der Waals surface area (Å²) in [6.45, 7) is 2.67. The van der Waals surface area contributed by atoms with E-state index in [0.717, 1.165) is 36.1 Å². The van der Waals surface area contributed by atoms with Gasteiger partial charge in [0, 0.05) is 54.8 Å². The lowest BCUT2D eigenvalue weighted by Gasteiger charge is -2.32. The molecule has 0 saturated carbocycles. The monoisotopic (exact) mass is 521 g/mol. The molecule has 0 radical (unpaired) electrons. The highest BCUT2D eigenvalue weighted by Gasteiger charge is 2.22. The number of nitrogens with one attached hydrogen (secondary N) is 2. The molecule has 3 aromatic rings. The minimum absolute atomic E-state index is 0.162. The Kier molecular flexibility index (Phi) is 7.98. The van der Waals surface area contributed by atoms with Crippen molar-refractivity contribution in [2.45, 2.75) is 19.4 Å². The molecule has 0 fully saturated rings. The minimum Gasteiger partial charge on any atom is -0.385 e. The van der Waals surface area contributed by atoms with Crippen LogP contribution in [0.25, 0.3) is 0 Å². The number of hydrogen-bond acceptors (Lipinski definition) is 4. The smallest absolute Gasteiger partial charge is 0.255 e. The SMILES string of the molecule is COCCCNC(=O)c1cc(NC(=O)c2ccc(Br)cc2)ccc1N1CCc2ccccc2C1. The van der Waals surface area contributed by atoms with Crippen molar-refractivity contribution in [1.29, 1.82) is 0 Å². The van der Waals surface area contributed by atoms with Crippen LogP contribution >= 0.6 is 15.9 Å². The van der Waals surface area contributed by atoms with Gasteiger partial charge >= 0.3 is 0 Å². The number of benzene rings is 3. The van der Waals surface area contributed by atoms with Gasteiger partial charge in [-0.25, -0.2) is 0 Å². The Bertz CT molecular complexity index is 1160. The molecule has 0 spiro atoms. The van der Waals surface area contributed by atoms with E-state index in [9.17, 15) is 9.59 Å². The van der Waals surface area contributed by atoms with Gasteiger partial charge in [0.2, 0.25) is 0 Å². The van der Waals surface area contributed by atoms with Gasteiger partial charge < -0.3 is 20.3 Å². The van der Waals surface area contributed by atoms with Gasteiger partial charge in [-0.3, -0.25) is 9.59 Å². The fraction of sp³-hybridized carbons (Fsp3) is 0.259. The van der Waals surface area contributed by atoms with Gasteiger partial charge in [-0.05, 0) is 66.4 Å². The van der Waals surface area contributed by atoms with E-state index in [1.165, 1.54) is 11.1 Å². The zero-order valence-corrected chi connectivity index (χ0v) is 20.7. The number of methoxy groups -OCH3 is 1. The van der Waals surface area contributed by atoms with Crippen LogP contribution in [0.4, 0.5) is 11.4 Å². The summed E-state index contributed by atoms with van der Waals surface area (Å²) < 4.78 is 5.99. The normalized spacial score (nSPS) is 12.7. The topological polar surface area (TPSA) is 70.7 Å². The summed E-state index contributed by atoms with van der Waals surface area (Å²) in [5, 5.41) is 5.91. The van der Waals surface area contributed by atoms with E-state index in [1.807, 2.05) is 30.3 Å². The molecule has 0 saturated heterocycles. The zero-order chi connectivity index (χ0) is 23.9. The lowest BCUT2D eigenvalue weighted by Crippen LogP contribution is -2.33. The molecular formula is C27H28BrN3O3. The Morgan fingerprint density at radius 3 is 2.53 bits per heavy atom. The standard InChI is InChI=1S/C27H28BrN3O3/c1-34-16-4-14-29-27(33)24-17-23(30-26(32)20-7-9-22(28)10-8-20)11-12-25(24)31-15-13-19-5-2-3-6-21(19)18-31/h2-3,5-12,17H,4,13-16,18H2,1H3,(H,29,33)(H,30,32). The second-order valence-electron chi connectivity index (χ2n) is 8.24. The van der Waals surface area contributed by atoms with Gasteiger partial charge in [0.15, 0.2) is 0 Å². The Labute approximate surface area is 208 Å². The maximum atomic E-state index is 13.2. The minimum atomic E-state index is -0.224. The highest BCUT2D eigenvalue weighted by atomic mass is 79.9. The van der Waals surface area contributed by atoms with Crippen LogP contribution in [0.1, 0.15) is 38.3 Å². The first-order chi connectivity index (χ1) is 16.5. The van der Waals surface area contributed by atoms with E-state index in [4.69, 9.17) is 4.74 Å². The first kappa shape index (κ1) is 24.0. The van der Waals surface area contributed by atoms with E-state index in [1.54, 1.807) is 25.3 Å². The summed E-state index contributed by atoms with van der Waals surface area (Å²) in [4.78, 5) is 28.1. The fourth-order valence-corrected chi connectivity index (χ4v) is 4.36. The van der Waals surface area contributed by atoms with Crippen molar-refractivity contribution in [2.24, 2.45) is 0 Å². The highest BCUT2D eigenvalue weighted by molar-refractivity contribution is 9.10. The van der Waals surface area contributed by atoms with Crippen LogP contribution in [0.5, 0.6) is 0 Å². The van der Waals surface area contributed by atoms with Crippen LogP contribution in [0.2, 0.25) is 0 Å². The van der Waals surface area contributed by atoms with Gasteiger partial charge in [0.05, 0.1) is 5.56 Å². The van der Waals surface area contributed by atoms with Crippen LogP contribution in [0, 0.1) is 0 Å². The van der Waals surface area contributed by atoms with Gasteiger partial charge in [-0.2, -0.15) is 0 Å². The maximum absolute atomic E-state index is 13.2. The van der Waals surface area contributed by atoms with E-state index in [2.05, 4.69) is 49.7 Å². The molecule has 6 nitrogen and oxygen atoms in total. The quantitative estimate of drug-likeness (QED) is 0.408. The van der Waals surface area contributed by atoms with Crippen LogP contribution in [-0.4, -0.2) is 38.6 Å². The van der Waals surface area contributed by atoms with Crippen molar-refractivity contribution in [3.05, 3.63) is 93.5 Å². The van der Waals surface area contributed by atoms with Crippen LogP contribution < -0.4 is 15.5 Å². The van der Waals surface area contributed by atoms with E-state index < -0.39 is 0 Å². The molecular weight excluding hydrogens is 494 g/mol. The number of fused-ring (bicyclic) bond motifs is 1. The predicted molar refractivity (Wildman–Crippen MR) is 139 cm³/mol. The molecule has 3 aromatic carbocycles. The molecule has 176 valence electrons. The number of ether oxygens (including phenoxy) is 1. The molecule has 1 aliphatic rings. The van der Waals surface area contributed by atoms with Crippen molar-refractivity contribution in [3.8, 4) is 0 Å². The molecule has 2 N–H and O–H groups in total. The van der Waals surface area contributed by atoms with E-state index in [-0.39, 0.29) is 11.8 Å². The maximum Gasteiger partial charge on any atom is 0.255 e. The molecule has 1 heterocycles. The number of carbonyl (C=O) groups excluding carboxylic acids is 2. The Balaban J connectivity index is 1.58. The summed E-state index contributed by atoms with van der Waals surface area (Å²) in [5.41, 5.74) is 5.16. The number of nitrogens with zero attached hydrogens (tertiary/aromatic N) is 1. The molecule has 2 amide bonds. The van der Waals surface area contributed by atoms with Crippen molar-refractivity contribution in [1.82, 2.24) is 5.32 Å². The number of anilines is 2. The second-order valence-corrected chi connectivity index (χ2v) is 9.15. The highest BCUT2D eigenvalue weighted by Crippen LogP contribution is 2.30. The van der Waals surface area contributed by atoms with Crippen molar-refractivity contribution in [2.75, 3.05) is 37.0 Å². The van der Waals surface area contributed by atoms with E-state index >= 15 is 0 Å². The molecule has 4 rings (SSSR count). The van der Waals surface area contributed by atoms with Crippen LogP contribution in [0.3, 0.4) is 0 Å². The summed E-state index contributed by atoms with van der Waals surface area (Å²) in [7, 11) is 1.64. The van der Waals surface area contributed by atoms with Crippen molar-refractivity contribution < 1.29 is 14.3 Å². The third-order valence-electron chi connectivity index (χ3n) is 5.89. The molecule has 0 unspecified atom stereocenters. The number of halogens is 1. The molecule has 1 aliphatic heterocycles. The van der Waals surface area contributed by atoms with Crippen LogP contribution in [0.15, 0.2) is 71.2 Å².